The van der Waals surface area contributed by atoms with Gasteiger partial charge in [-0.05, 0) is 48.2 Å². The van der Waals surface area contributed by atoms with Crippen LogP contribution in [0.1, 0.15) is 22.7 Å². The molecule has 19 heavy (non-hydrogen) atoms. The lowest BCUT2D eigenvalue weighted by molar-refractivity contribution is 0.550. The highest BCUT2D eigenvalue weighted by molar-refractivity contribution is 9.10. The van der Waals surface area contributed by atoms with E-state index in [0.29, 0.717) is 0 Å². The van der Waals surface area contributed by atoms with Crippen molar-refractivity contribution in [3.05, 3.63) is 68.1 Å². The first-order chi connectivity index (χ1) is 9.10. The van der Waals surface area contributed by atoms with Crippen molar-refractivity contribution < 1.29 is 0 Å². The van der Waals surface area contributed by atoms with Gasteiger partial charge in [0.2, 0.25) is 0 Å². The maximum atomic E-state index is 5.71. The monoisotopic (exact) mass is 382 g/mol. The van der Waals surface area contributed by atoms with Crippen LogP contribution < -0.4 is 11.3 Å². The highest BCUT2D eigenvalue weighted by atomic mass is 79.9. The predicted octanol–water partition coefficient (Wildman–Crippen LogP) is 4.27. The molecule has 2 nitrogen and oxygen atoms in total. The van der Waals surface area contributed by atoms with Gasteiger partial charge in [0.05, 0.1) is 6.04 Å². The molecule has 0 heterocycles. The second-order valence-electron chi connectivity index (χ2n) is 4.57. The molecule has 0 aliphatic rings. The number of aryl methyl sites for hydroxylation is 1. The van der Waals surface area contributed by atoms with E-state index in [4.69, 9.17) is 5.84 Å². The SMILES string of the molecule is Cc1ccc(C(Cc2ccc(Br)cc2)NN)c(Br)c1. The molecule has 0 saturated carbocycles. The van der Waals surface area contributed by atoms with Gasteiger partial charge in [-0.25, -0.2) is 0 Å². The van der Waals surface area contributed by atoms with E-state index in [0.717, 1.165) is 15.4 Å². The Balaban J connectivity index is 2.22. The summed E-state index contributed by atoms with van der Waals surface area (Å²) in [5.41, 5.74) is 6.56. The summed E-state index contributed by atoms with van der Waals surface area (Å²) in [5, 5.41) is 0. The maximum absolute atomic E-state index is 5.71. The zero-order valence-electron chi connectivity index (χ0n) is 10.7. The van der Waals surface area contributed by atoms with Crippen molar-refractivity contribution in [2.75, 3.05) is 0 Å². The number of hydrogen-bond donors (Lipinski definition) is 2. The lowest BCUT2D eigenvalue weighted by Crippen LogP contribution is -2.29. The van der Waals surface area contributed by atoms with Crippen LogP contribution in [0.4, 0.5) is 0 Å². The van der Waals surface area contributed by atoms with Crippen LogP contribution in [0.3, 0.4) is 0 Å². The summed E-state index contributed by atoms with van der Waals surface area (Å²) in [6.45, 7) is 2.08. The number of hydrazine groups is 1. The molecule has 2 aromatic rings. The quantitative estimate of drug-likeness (QED) is 0.611. The molecule has 0 aliphatic heterocycles. The zero-order chi connectivity index (χ0) is 13.8. The van der Waals surface area contributed by atoms with Crippen LogP contribution in [-0.2, 0) is 6.42 Å². The molecule has 2 rings (SSSR count). The van der Waals surface area contributed by atoms with Gasteiger partial charge >= 0.3 is 0 Å². The normalized spacial score (nSPS) is 12.4. The van der Waals surface area contributed by atoms with E-state index in [2.05, 4.69) is 74.5 Å². The van der Waals surface area contributed by atoms with Crippen molar-refractivity contribution in [2.24, 2.45) is 5.84 Å². The van der Waals surface area contributed by atoms with Gasteiger partial charge in [-0.3, -0.25) is 11.3 Å². The first-order valence-electron chi connectivity index (χ1n) is 6.07. The van der Waals surface area contributed by atoms with E-state index in [1.165, 1.54) is 16.7 Å². The maximum Gasteiger partial charge on any atom is 0.0511 e. The van der Waals surface area contributed by atoms with Crippen molar-refractivity contribution in [1.29, 1.82) is 0 Å². The molecule has 4 heteroatoms. The second kappa shape index (κ2) is 6.66. The fourth-order valence-electron chi connectivity index (χ4n) is 2.03. The second-order valence-corrected chi connectivity index (χ2v) is 6.34. The fraction of sp³-hybridized carbons (Fsp3) is 0.200. The van der Waals surface area contributed by atoms with Gasteiger partial charge in [-0.2, -0.15) is 0 Å². The average molecular weight is 384 g/mol. The third-order valence-corrected chi connectivity index (χ3v) is 4.30. The Morgan fingerprint density at radius 3 is 2.37 bits per heavy atom. The molecule has 0 fully saturated rings. The van der Waals surface area contributed by atoms with E-state index < -0.39 is 0 Å². The van der Waals surface area contributed by atoms with Crippen molar-refractivity contribution in [3.63, 3.8) is 0 Å². The van der Waals surface area contributed by atoms with E-state index in [9.17, 15) is 0 Å². The van der Waals surface area contributed by atoms with Gasteiger partial charge in [0, 0.05) is 8.95 Å². The Labute approximate surface area is 130 Å². The number of halogens is 2. The third kappa shape index (κ3) is 3.89. The highest BCUT2D eigenvalue weighted by Crippen LogP contribution is 2.27. The molecule has 0 radical (unpaired) electrons. The summed E-state index contributed by atoms with van der Waals surface area (Å²) >= 11 is 7.06. The molecule has 0 aromatic heterocycles. The molecule has 0 spiro atoms. The lowest BCUT2D eigenvalue weighted by Gasteiger charge is -2.18. The van der Waals surface area contributed by atoms with Gasteiger partial charge in [-0.1, -0.05) is 56.1 Å². The predicted molar refractivity (Wildman–Crippen MR) is 86.8 cm³/mol. The first-order valence-corrected chi connectivity index (χ1v) is 7.65. The Bertz CT molecular complexity index is 553. The first kappa shape index (κ1) is 14.7. The minimum atomic E-state index is 0.0937. The van der Waals surface area contributed by atoms with E-state index in [1.807, 2.05) is 12.1 Å². The van der Waals surface area contributed by atoms with Gasteiger partial charge in [0.25, 0.3) is 0 Å². The van der Waals surface area contributed by atoms with Crippen LogP contribution >= 0.6 is 31.9 Å². The molecule has 1 unspecified atom stereocenters. The van der Waals surface area contributed by atoms with Crippen LogP contribution in [0.15, 0.2) is 51.4 Å². The van der Waals surface area contributed by atoms with Gasteiger partial charge in [0.1, 0.15) is 0 Å². The minimum absolute atomic E-state index is 0.0937. The Morgan fingerprint density at radius 2 is 1.79 bits per heavy atom. The average Bonchev–Trinajstić information content (AvgIpc) is 2.39. The molecular weight excluding hydrogens is 368 g/mol. The Hall–Kier alpha value is -0.680. The molecule has 0 bridgehead atoms. The van der Waals surface area contributed by atoms with Crippen LogP contribution in [0.25, 0.3) is 0 Å². The summed E-state index contributed by atoms with van der Waals surface area (Å²) in [7, 11) is 0. The third-order valence-electron chi connectivity index (χ3n) is 3.09. The van der Waals surface area contributed by atoms with Crippen LogP contribution in [-0.4, -0.2) is 0 Å². The molecule has 1 atom stereocenters. The molecule has 3 N–H and O–H groups in total. The Morgan fingerprint density at radius 1 is 1.11 bits per heavy atom. The van der Waals surface area contributed by atoms with Gasteiger partial charge in [0.15, 0.2) is 0 Å². The summed E-state index contributed by atoms with van der Waals surface area (Å²) in [6, 6.07) is 14.7. The summed E-state index contributed by atoms with van der Waals surface area (Å²) < 4.78 is 2.18. The van der Waals surface area contributed by atoms with E-state index in [1.54, 1.807) is 0 Å². The highest BCUT2D eigenvalue weighted by Gasteiger charge is 2.13. The minimum Gasteiger partial charge on any atom is -0.271 e. The number of benzene rings is 2. The lowest BCUT2D eigenvalue weighted by atomic mass is 9.98. The Kier molecular flexibility index (Phi) is 5.16. The van der Waals surface area contributed by atoms with Crippen molar-refractivity contribution in [1.82, 2.24) is 5.43 Å². The summed E-state index contributed by atoms with van der Waals surface area (Å²) in [6.07, 6.45) is 0.853. The van der Waals surface area contributed by atoms with Crippen molar-refractivity contribution in [3.8, 4) is 0 Å². The van der Waals surface area contributed by atoms with E-state index >= 15 is 0 Å². The largest absolute Gasteiger partial charge is 0.271 e. The molecule has 100 valence electrons. The van der Waals surface area contributed by atoms with Crippen molar-refractivity contribution >= 4 is 31.9 Å². The molecule has 0 amide bonds. The van der Waals surface area contributed by atoms with Crippen molar-refractivity contribution in [2.45, 2.75) is 19.4 Å². The molecular formula is C15H16Br2N2. The standard InChI is InChI=1S/C15H16Br2N2/c1-10-2-7-13(14(17)8-10)15(19-18)9-11-3-5-12(16)6-4-11/h2-8,15,19H,9,18H2,1H3. The van der Waals surface area contributed by atoms with Crippen LogP contribution in [0, 0.1) is 6.92 Å². The topological polar surface area (TPSA) is 38.0 Å². The number of nitrogens with two attached hydrogens (primary N) is 1. The van der Waals surface area contributed by atoms with Gasteiger partial charge in [-0.15, -0.1) is 0 Å². The molecule has 0 saturated heterocycles. The van der Waals surface area contributed by atoms with Crippen LogP contribution in [0.2, 0.25) is 0 Å². The van der Waals surface area contributed by atoms with E-state index in [-0.39, 0.29) is 6.04 Å². The summed E-state index contributed by atoms with van der Waals surface area (Å²) in [4.78, 5) is 0. The molecule has 0 aliphatic carbocycles. The summed E-state index contributed by atoms with van der Waals surface area (Å²) in [5.74, 6) is 5.71. The van der Waals surface area contributed by atoms with Crippen LogP contribution in [0.5, 0.6) is 0 Å². The smallest absolute Gasteiger partial charge is 0.0511 e. The zero-order valence-corrected chi connectivity index (χ0v) is 13.8. The molecule has 2 aromatic carbocycles. The number of nitrogens with one attached hydrogen (secondary N) is 1. The number of hydrogen-bond acceptors (Lipinski definition) is 2. The van der Waals surface area contributed by atoms with Gasteiger partial charge < -0.3 is 0 Å². The fourth-order valence-corrected chi connectivity index (χ4v) is 3.06. The number of rotatable bonds is 4.